The summed E-state index contributed by atoms with van der Waals surface area (Å²) in [6, 6.07) is 10.2. The van der Waals surface area contributed by atoms with E-state index in [1.54, 1.807) is 13.0 Å². The molecule has 1 saturated heterocycles. The van der Waals surface area contributed by atoms with Crippen molar-refractivity contribution in [2.24, 2.45) is 0 Å². The zero-order chi connectivity index (χ0) is 17.8. The second-order valence-electron chi connectivity index (χ2n) is 6.16. The van der Waals surface area contributed by atoms with Crippen molar-refractivity contribution in [2.45, 2.75) is 38.5 Å². The number of nitrogens with zero attached hydrogens (tertiary/aromatic N) is 2. The third-order valence-corrected chi connectivity index (χ3v) is 4.10. The van der Waals surface area contributed by atoms with Gasteiger partial charge in [-0.05, 0) is 12.5 Å². The molecule has 0 saturated carbocycles. The number of carbonyl (C=O) groups is 2. The monoisotopic (exact) mass is 344 g/mol. The maximum Gasteiger partial charge on any atom is 0.329 e. The van der Waals surface area contributed by atoms with Crippen molar-refractivity contribution < 1.29 is 24.0 Å². The van der Waals surface area contributed by atoms with Crippen molar-refractivity contribution >= 4 is 11.9 Å². The second kappa shape index (κ2) is 7.48. The Hall–Kier alpha value is -2.67. The van der Waals surface area contributed by atoms with Gasteiger partial charge in [-0.3, -0.25) is 4.79 Å². The van der Waals surface area contributed by atoms with Crippen molar-refractivity contribution in [2.75, 3.05) is 6.54 Å². The minimum atomic E-state index is -0.782. The molecule has 2 atom stereocenters. The molecular weight excluding hydrogens is 324 g/mol. The molecule has 2 aromatic rings. The number of β-amino-alcohol motifs (C(OH)–C–C–N with tert-alkyl or cyclic N) is 1. The molecule has 2 heterocycles. The maximum absolute atomic E-state index is 12.5. The van der Waals surface area contributed by atoms with Crippen LogP contribution in [0, 0.1) is 6.92 Å². The summed E-state index contributed by atoms with van der Waals surface area (Å²) in [5.41, 5.74) is 1.55. The van der Waals surface area contributed by atoms with E-state index in [1.807, 2.05) is 30.3 Å². The quantitative estimate of drug-likeness (QED) is 0.820. The number of rotatable bonds is 5. The van der Waals surface area contributed by atoms with Crippen molar-refractivity contribution in [3.8, 4) is 0 Å². The van der Waals surface area contributed by atoms with Crippen LogP contribution in [0.1, 0.15) is 23.4 Å². The fourth-order valence-corrected chi connectivity index (χ4v) is 2.89. The summed E-state index contributed by atoms with van der Waals surface area (Å²) >= 11 is 0. The predicted molar refractivity (Wildman–Crippen MR) is 87.3 cm³/mol. The smallest absolute Gasteiger partial charge is 0.329 e. The van der Waals surface area contributed by atoms with Gasteiger partial charge in [-0.15, -0.1) is 0 Å². The minimum Gasteiger partial charge on any atom is -0.459 e. The van der Waals surface area contributed by atoms with Gasteiger partial charge >= 0.3 is 5.97 Å². The molecule has 7 heteroatoms. The van der Waals surface area contributed by atoms with Crippen LogP contribution in [0.15, 0.2) is 40.9 Å². The van der Waals surface area contributed by atoms with E-state index in [0.717, 1.165) is 5.56 Å². The van der Waals surface area contributed by atoms with Crippen LogP contribution in [-0.2, 0) is 27.4 Å². The number of aliphatic hydroxyl groups excluding tert-OH is 1. The molecule has 7 nitrogen and oxygen atoms in total. The van der Waals surface area contributed by atoms with Gasteiger partial charge in [0.1, 0.15) is 18.4 Å². The molecule has 0 spiro atoms. The summed E-state index contributed by atoms with van der Waals surface area (Å²) in [7, 11) is 0. The average Bonchev–Trinajstić information content (AvgIpc) is 3.19. The lowest BCUT2D eigenvalue weighted by Crippen LogP contribution is -2.42. The van der Waals surface area contributed by atoms with Crippen molar-refractivity contribution in [1.29, 1.82) is 0 Å². The lowest BCUT2D eigenvalue weighted by atomic mass is 10.2. The van der Waals surface area contributed by atoms with Gasteiger partial charge in [0.05, 0.1) is 18.2 Å². The molecule has 1 N–H and O–H groups in total. The van der Waals surface area contributed by atoms with E-state index < -0.39 is 18.1 Å². The van der Waals surface area contributed by atoms with Crippen LogP contribution in [0.4, 0.5) is 0 Å². The predicted octanol–water partition coefficient (Wildman–Crippen LogP) is 1.23. The Morgan fingerprint density at radius 3 is 2.80 bits per heavy atom. The SMILES string of the molecule is Cc1cc(CC(=O)N2CC(O)CC2C(=O)OCc2ccccc2)on1. The molecule has 1 aromatic carbocycles. The Balaban J connectivity index is 1.62. The zero-order valence-corrected chi connectivity index (χ0v) is 13.9. The second-order valence-corrected chi connectivity index (χ2v) is 6.16. The summed E-state index contributed by atoms with van der Waals surface area (Å²) in [6.07, 6.45) is -0.570. The van der Waals surface area contributed by atoms with Gasteiger partial charge in [0.25, 0.3) is 0 Å². The number of ether oxygens (including phenoxy) is 1. The lowest BCUT2D eigenvalue weighted by molar-refractivity contribution is -0.154. The molecule has 1 aromatic heterocycles. The summed E-state index contributed by atoms with van der Waals surface area (Å²) < 4.78 is 10.4. The molecule has 3 rings (SSSR count). The van der Waals surface area contributed by atoms with E-state index in [1.165, 1.54) is 4.90 Å². The number of aliphatic hydroxyl groups is 1. The van der Waals surface area contributed by atoms with Crippen molar-refractivity contribution in [3.05, 3.63) is 53.4 Å². The van der Waals surface area contributed by atoms with Gasteiger partial charge < -0.3 is 19.3 Å². The van der Waals surface area contributed by atoms with Crippen LogP contribution in [0.3, 0.4) is 0 Å². The van der Waals surface area contributed by atoms with Crippen molar-refractivity contribution in [3.63, 3.8) is 0 Å². The van der Waals surface area contributed by atoms with Crippen molar-refractivity contribution in [1.82, 2.24) is 10.1 Å². The number of aryl methyl sites for hydroxylation is 1. The molecule has 1 fully saturated rings. The van der Waals surface area contributed by atoms with Crippen LogP contribution in [0.5, 0.6) is 0 Å². The van der Waals surface area contributed by atoms with Gasteiger partial charge in [0.2, 0.25) is 5.91 Å². The van der Waals surface area contributed by atoms with Gasteiger partial charge in [-0.25, -0.2) is 4.79 Å². The Bertz CT molecular complexity index is 743. The first-order chi connectivity index (χ1) is 12.0. The Morgan fingerprint density at radius 1 is 1.36 bits per heavy atom. The fraction of sp³-hybridized carbons (Fsp3) is 0.389. The molecule has 132 valence electrons. The number of hydrogen-bond acceptors (Lipinski definition) is 6. The molecule has 1 amide bonds. The molecule has 25 heavy (non-hydrogen) atoms. The zero-order valence-electron chi connectivity index (χ0n) is 13.9. The van der Waals surface area contributed by atoms with Crippen LogP contribution in [0.25, 0.3) is 0 Å². The van der Waals surface area contributed by atoms with Crippen LogP contribution in [0.2, 0.25) is 0 Å². The number of carbonyl (C=O) groups excluding carboxylic acids is 2. The van der Waals surface area contributed by atoms with E-state index in [9.17, 15) is 14.7 Å². The highest BCUT2D eigenvalue weighted by atomic mass is 16.5. The van der Waals surface area contributed by atoms with Crippen LogP contribution < -0.4 is 0 Å². The molecule has 0 aliphatic carbocycles. The van der Waals surface area contributed by atoms with Gasteiger partial charge in [0, 0.05) is 19.0 Å². The number of amides is 1. The van der Waals surface area contributed by atoms with Gasteiger partial charge in [0.15, 0.2) is 0 Å². The van der Waals surface area contributed by atoms with Crippen LogP contribution in [-0.4, -0.2) is 45.7 Å². The third-order valence-electron chi connectivity index (χ3n) is 4.10. The minimum absolute atomic E-state index is 0.00394. The first-order valence-corrected chi connectivity index (χ1v) is 8.13. The average molecular weight is 344 g/mol. The van der Waals surface area contributed by atoms with E-state index in [0.29, 0.717) is 11.5 Å². The maximum atomic E-state index is 12.5. The summed E-state index contributed by atoms with van der Waals surface area (Å²) in [4.78, 5) is 26.2. The number of aromatic nitrogens is 1. The molecule has 2 unspecified atom stereocenters. The highest BCUT2D eigenvalue weighted by Crippen LogP contribution is 2.21. The Labute approximate surface area is 145 Å². The summed E-state index contributed by atoms with van der Waals surface area (Å²) in [5.74, 6) is -0.378. The fourth-order valence-electron chi connectivity index (χ4n) is 2.89. The van der Waals surface area contributed by atoms with E-state index in [2.05, 4.69) is 5.16 Å². The van der Waals surface area contributed by atoms with E-state index >= 15 is 0 Å². The van der Waals surface area contributed by atoms with E-state index in [-0.39, 0.29) is 31.9 Å². The standard InChI is InChI=1S/C18H20N2O5/c1-12-7-15(25-19-12)9-17(22)20-10-14(21)8-16(20)18(23)24-11-13-5-3-2-4-6-13/h2-7,14,16,21H,8-11H2,1H3. The highest BCUT2D eigenvalue weighted by molar-refractivity contribution is 5.86. The highest BCUT2D eigenvalue weighted by Gasteiger charge is 2.40. The first kappa shape index (κ1) is 17.2. The normalized spacial score (nSPS) is 19.8. The Kier molecular flexibility index (Phi) is 5.14. The molecule has 1 aliphatic heterocycles. The van der Waals surface area contributed by atoms with Crippen LogP contribution >= 0.6 is 0 Å². The molecule has 0 bridgehead atoms. The first-order valence-electron chi connectivity index (χ1n) is 8.13. The topological polar surface area (TPSA) is 92.9 Å². The summed E-state index contributed by atoms with van der Waals surface area (Å²) in [5, 5.41) is 13.6. The molecule has 1 aliphatic rings. The summed E-state index contributed by atoms with van der Waals surface area (Å²) in [6.45, 7) is 2.01. The largest absolute Gasteiger partial charge is 0.459 e. The lowest BCUT2D eigenvalue weighted by Gasteiger charge is -2.22. The van der Waals surface area contributed by atoms with Gasteiger partial charge in [-0.2, -0.15) is 0 Å². The molecule has 0 radical (unpaired) electrons. The molecular formula is C18H20N2O5. The Morgan fingerprint density at radius 2 is 2.12 bits per heavy atom. The van der Waals surface area contributed by atoms with E-state index in [4.69, 9.17) is 9.26 Å². The number of benzene rings is 1. The number of likely N-dealkylation sites (tertiary alicyclic amines) is 1. The number of esters is 1. The van der Waals surface area contributed by atoms with Gasteiger partial charge in [-0.1, -0.05) is 35.5 Å². The number of hydrogen-bond donors (Lipinski definition) is 1. The third kappa shape index (κ3) is 4.24.